The van der Waals surface area contributed by atoms with Crippen molar-refractivity contribution in [2.45, 2.75) is 0 Å². The highest BCUT2D eigenvalue weighted by Crippen LogP contribution is 2.49. The number of furan rings is 1. The van der Waals surface area contributed by atoms with Gasteiger partial charge in [-0.05, 0) is 49.5 Å². The van der Waals surface area contributed by atoms with Crippen LogP contribution in [0.4, 0.5) is 0 Å². The molecule has 0 aliphatic rings. The Bertz CT molecular complexity index is 2490. The number of para-hydroxylation sites is 1. The molecule has 8 rings (SSSR count). The molecule has 0 aliphatic carbocycles. The van der Waals surface area contributed by atoms with Gasteiger partial charge in [0.05, 0.1) is 9.60 Å². The van der Waals surface area contributed by atoms with Crippen LogP contribution in [-0.4, -0.2) is 0 Å². The normalized spacial score (nSPS) is 14.1. The first-order valence-electron chi connectivity index (χ1n) is 16.3. The summed E-state index contributed by atoms with van der Waals surface area (Å²) in [5.74, 6) is 0.720. The Morgan fingerprint density at radius 1 is 0.436 bits per heavy atom. The van der Waals surface area contributed by atoms with E-state index in [2.05, 4.69) is 0 Å². The predicted molar refractivity (Wildman–Crippen MR) is 165 cm³/mol. The van der Waals surface area contributed by atoms with E-state index in [4.69, 9.17) is 14.0 Å². The summed E-state index contributed by atoms with van der Waals surface area (Å²) in [5.41, 5.74) is 4.31. The van der Waals surface area contributed by atoms with E-state index in [0.29, 0.717) is 5.56 Å². The van der Waals surface area contributed by atoms with E-state index in [9.17, 15) is 0 Å². The zero-order valence-corrected chi connectivity index (χ0v) is 20.7. The van der Waals surface area contributed by atoms with Gasteiger partial charge in [0.25, 0.3) is 0 Å². The Kier molecular flexibility index (Phi) is 3.57. The first-order valence-corrected chi connectivity index (χ1v) is 12.8. The smallest absolute Gasteiger partial charge is 0.143 e. The Labute approximate surface area is 236 Å². The Hall–Kier alpha value is -5.14. The number of benzene rings is 7. The molecule has 0 N–H and O–H groups in total. The first kappa shape index (κ1) is 16.0. The molecule has 182 valence electrons. The van der Waals surface area contributed by atoms with Crippen LogP contribution in [0.5, 0.6) is 0 Å². The summed E-state index contributed by atoms with van der Waals surface area (Å²) < 4.78 is 67.5. The van der Waals surface area contributed by atoms with Crippen molar-refractivity contribution in [2.75, 3.05) is 0 Å². The van der Waals surface area contributed by atoms with Crippen LogP contribution < -0.4 is 0 Å². The van der Waals surface area contributed by atoms with Gasteiger partial charge in [0.1, 0.15) is 11.3 Å². The minimum atomic E-state index is -0.473. The molecule has 0 amide bonds. The van der Waals surface area contributed by atoms with Crippen molar-refractivity contribution in [3.05, 3.63) is 145 Å². The second-order valence-corrected chi connectivity index (χ2v) is 9.51. The summed E-state index contributed by atoms with van der Waals surface area (Å²) in [6.45, 7) is 0. The fourth-order valence-corrected chi connectivity index (χ4v) is 5.75. The highest BCUT2D eigenvalue weighted by Gasteiger charge is 2.24. The van der Waals surface area contributed by atoms with Gasteiger partial charge in [-0.1, -0.05) is 139 Å². The van der Waals surface area contributed by atoms with Crippen LogP contribution in [0.15, 0.2) is 150 Å². The largest absolute Gasteiger partial charge is 0.455 e. The van der Waals surface area contributed by atoms with Gasteiger partial charge in [0.15, 0.2) is 0 Å². The van der Waals surface area contributed by atoms with Crippen LogP contribution in [0.3, 0.4) is 0 Å². The maximum absolute atomic E-state index is 9.17. The molecular weight excluding hydrogens is 472 g/mol. The molecule has 1 heteroatoms. The summed E-state index contributed by atoms with van der Waals surface area (Å²) in [6, 6.07) is 30.8. The standard InChI is InChI=1S/C38H24O/c1-2-14-26(15-3-1)38-37(33-22-10-11-24-34(33)39-38)36-31-20-8-6-18-29(31)35(30-19-7-9-21-32(30)36)28-23-12-16-25-13-4-5-17-27(25)28/h1-24H/i4D,5D,12D,13D,16D,17D,23D. The first-order chi connectivity index (χ1) is 22.3. The van der Waals surface area contributed by atoms with Gasteiger partial charge in [-0.2, -0.15) is 0 Å². The summed E-state index contributed by atoms with van der Waals surface area (Å²) >= 11 is 0. The molecule has 39 heavy (non-hydrogen) atoms. The van der Waals surface area contributed by atoms with Crippen molar-refractivity contribution >= 4 is 43.3 Å². The third kappa shape index (κ3) is 3.34. The number of fused-ring (bicyclic) bond motifs is 4. The molecule has 0 fully saturated rings. The maximum atomic E-state index is 9.17. The third-order valence-electron chi connectivity index (χ3n) is 7.38. The SMILES string of the molecule is [2H]c1c([2H])c([2H])c2c(-c3c4ccccc4c(-c4c(-c5ccccc5)oc5ccccc45)c4ccccc34)c([2H])c([2H])c([2H])c2c1[2H]. The van der Waals surface area contributed by atoms with Crippen LogP contribution in [0.25, 0.3) is 76.9 Å². The lowest BCUT2D eigenvalue weighted by molar-refractivity contribution is 0.632. The molecule has 0 bridgehead atoms. The van der Waals surface area contributed by atoms with E-state index in [-0.39, 0.29) is 28.4 Å². The van der Waals surface area contributed by atoms with Crippen LogP contribution >= 0.6 is 0 Å². The lowest BCUT2D eigenvalue weighted by atomic mass is 9.83. The van der Waals surface area contributed by atoms with E-state index >= 15 is 0 Å². The predicted octanol–water partition coefficient (Wildman–Crippen LogP) is 10.9. The Morgan fingerprint density at radius 2 is 1.00 bits per heavy atom. The van der Waals surface area contributed by atoms with Gasteiger partial charge in [-0.15, -0.1) is 0 Å². The molecule has 7 aromatic carbocycles. The van der Waals surface area contributed by atoms with E-state index in [0.717, 1.165) is 55.0 Å². The fourth-order valence-electron chi connectivity index (χ4n) is 5.75. The lowest BCUT2D eigenvalue weighted by Crippen LogP contribution is -1.92. The van der Waals surface area contributed by atoms with Crippen molar-refractivity contribution in [1.82, 2.24) is 0 Å². The van der Waals surface area contributed by atoms with E-state index in [1.54, 1.807) is 0 Å². The van der Waals surface area contributed by atoms with Crippen molar-refractivity contribution in [3.63, 3.8) is 0 Å². The second-order valence-electron chi connectivity index (χ2n) is 9.51. The Balaban J connectivity index is 1.62. The van der Waals surface area contributed by atoms with Crippen LogP contribution in [0.1, 0.15) is 9.60 Å². The molecule has 1 nitrogen and oxygen atoms in total. The van der Waals surface area contributed by atoms with Gasteiger partial charge in [0, 0.05) is 22.1 Å². The number of rotatable bonds is 3. The van der Waals surface area contributed by atoms with E-state index < -0.39 is 30.2 Å². The minimum absolute atomic E-state index is 0.0635. The average molecular weight is 504 g/mol. The molecule has 0 spiro atoms. The van der Waals surface area contributed by atoms with Gasteiger partial charge < -0.3 is 4.42 Å². The molecule has 0 radical (unpaired) electrons. The van der Waals surface area contributed by atoms with Crippen molar-refractivity contribution in [1.29, 1.82) is 0 Å². The van der Waals surface area contributed by atoms with Gasteiger partial charge >= 0.3 is 0 Å². The minimum Gasteiger partial charge on any atom is -0.455 e. The third-order valence-corrected chi connectivity index (χ3v) is 7.38. The zero-order chi connectivity index (χ0) is 31.9. The van der Waals surface area contributed by atoms with E-state index in [1.165, 1.54) is 0 Å². The molecule has 8 aromatic rings. The quantitative estimate of drug-likeness (QED) is 0.219. The van der Waals surface area contributed by atoms with Crippen molar-refractivity contribution < 1.29 is 14.0 Å². The highest BCUT2D eigenvalue weighted by atomic mass is 16.3. The van der Waals surface area contributed by atoms with Gasteiger partial charge in [-0.25, -0.2) is 0 Å². The maximum Gasteiger partial charge on any atom is 0.143 e. The van der Waals surface area contributed by atoms with Crippen molar-refractivity contribution in [2.24, 2.45) is 0 Å². The molecule has 0 saturated carbocycles. The van der Waals surface area contributed by atoms with Gasteiger partial charge in [0.2, 0.25) is 0 Å². The fraction of sp³-hybridized carbons (Fsp3) is 0. The van der Waals surface area contributed by atoms with Crippen LogP contribution in [0.2, 0.25) is 0 Å². The van der Waals surface area contributed by atoms with Crippen LogP contribution in [0, 0.1) is 0 Å². The van der Waals surface area contributed by atoms with Crippen LogP contribution in [-0.2, 0) is 0 Å². The molecule has 1 heterocycles. The summed E-state index contributed by atoms with van der Waals surface area (Å²) in [4.78, 5) is 0. The molecule has 1 aromatic heterocycles. The topological polar surface area (TPSA) is 13.1 Å². The van der Waals surface area contributed by atoms with Crippen molar-refractivity contribution in [3.8, 4) is 33.6 Å². The monoisotopic (exact) mass is 503 g/mol. The molecule has 0 atom stereocenters. The summed E-state index contributed by atoms with van der Waals surface area (Å²) in [7, 11) is 0. The molecular formula is C38H24O. The Morgan fingerprint density at radius 3 is 1.72 bits per heavy atom. The average Bonchev–Trinajstić information content (AvgIpc) is 3.47. The number of hydrogen-bond donors (Lipinski definition) is 0. The molecule has 0 unspecified atom stereocenters. The summed E-state index contributed by atoms with van der Waals surface area (Å²) in [5, 5.41) is 4.16. The summed E-state index contributed by atoms with van der Waals surface area (Å²) in [6.07, 6.45) is 0. The number of hydrogen-bond acceptors (Lipinski definition) is 1. The van der Waals surface area contributed by atoms with E-state index in [1.807, 2.05) is 103 Å². The highest BCUT2D eigenvalue weighted by molar-refractivity contribution is 6.26. The van der Waals surface area contributed by atoms with Gasteiger partial charge in [-0.3, -0.25) is 0 Å². The second kappa shape index (κ2) is 8.72. The molecule has 0 saturated heterocycles. The molecule has 0 aliphatic heterocycles. The lowest BCUT2D eigenvalue weighted by Gasteiger charge is -2.19. The zero-order valence-electron chi connectivity index (χ0n) is 27.7.